The quantitative estimate of drug-likeness (QED) is 0.867. The second-order valence-electron chi connectivity index (χ2n) is 5.31. The predicted molar refractivity (Wildman–Crippen MR) is 83.0 cm³/mol. The van der Waals surface area contributed by atoms with Crippen LogP contribution in [0.15, 0.2) is 35.7 Å². The number of thiophene rings is 1. The Hall–Kier alpha value is -1.12. The van der Waals surface area contributed by atoms with E-state index >= 15 is 0 Å². The van der Waals surface area contributed by atoms with Crippen LogP contribution in [0.2, 0.25) is 0 Å². The van der Waals surface area contributed by atoms with Gasteiger partial charge in [-0.25, -0.2) is 0 Å². The number of hydrogen-bond acceptors (Lipinski definition) is 2. The molecule has 1 aliphatic carbocycles. The van der Waals surface area contributed by atoms with Crippen molar-refractivity contribution in [1.82, 2.24) is 5.32 Å². The van der Waals surface area contributed by atoms with E-state index in [9.17, 15) is 0 Å². The summed E-state index contributed by atoms with van der Waals surface area (Å²) in [6.45, 7) is 5.47. The zero-order chi connectivity index (χ0) is 13.2. The van der Waals surface area contributed by atoms with Gasteiger partial charge in [-0.15, -0.1) is 11.3 Å². The summed E-state index contributed by atoms with van der Waals surface area (Å²) >= 11 is 1.86. The standard InChI is InChI=1S/C17H21NS/c1-3-18-17(14-10-11-19-12(14)2)16-9-8-13-6-4-5-7-15(13)16/h4-7,10-11,16-18H,3,8-9H2,1-2H3. The third-order valence-corrected chi connectivity index (χ3v) is 5.10. The molecular formula is C17H21NS. The summed E-state index contributed by atoms with van der Waals surface area (Å²) < 4.78 is 0. The fraction of sp³-hybridized carbons (Fsp3) is 0.412. The van der Waals surface area contributed by atoms with Crippen LogP contribution in [0.3, 0.4) is 0 Å². The Balaban J connectivity index is 1.96. The Morgan fingerprint density at radius 2 is 2.16 bits per heavy atom. The molecule has 0 spiro atoms. The van der Waals surface area contributed by atoms with Gasteiger partial charge >= 0.3 is 0 Å². The largest absolute Gasteiger partial charge is 0.310 e. The van der Waals surface area contributed by atoms with Crippen LogP contribution >= 0.6 is 11.3 Å². The van der Waals surface area contributed by atoms with Gasteiger partial charge in [0.25, 0.3) is 0 Å². The van der Waals surface area contributed by atoms with Crippen molar-refractivity contribution in [1.29, 1.82) is 0 Å². The van der Waals surface area contributed by atoms with Crippen molar-refractivity contribution >= 4 is 11.3 Å². The van der Waals surface area contributed by atoms with Crippen molar-refractivity contribution in [3.63, 3.8) is 0 Å². The minimum absolute atomic E-state index is 0.472. The van der Waals surface area contributed by atoms with Gasteiger partial charge < -0.3 is 5.32 Å². The molecule has 3 rings (SSSR count). The number of rotatable bonds is 4. The van der Waals surface area contributed by atoms with Crippen molar-refractivity contribution in [2.24, 2.45) is 0 Å². The number of hydrogen-bond donors (Lipinski definition) is 1. The van der Waals surface area contributed by atoms with Crippen molar-refractivity contribution in [2.45, 2.75) is 38.6 Å². The Labute approximate surface area is 119 Å². The maximum Gasteiger partial charge on any atom is 0.0400 e. The molecule has 0 saturated carbocycles. The maximum absolute atomic E-state index is 3.72. The number of likely N-dealkylation sites (N-methyl/N-ethyl adjacent to an activating group) is 1. The van der Waals surface area contributed by atoms with Crippen LogP contribution in [0.1, 0.15) is 46.9 Å². The van der Waals surface area contributed by atoms with Crippen LogP contribution in [0.4, 0.5) is 0 Å². The van der Waals surface area contributed by atoms with Gasteiger partial charge in [0.1, 0.15) is 0 Å². The smallest absolute Gasteiger partial charge is 0.0400 e. The van der Waals surface area contributed by atoms with Crippen LogP contribution in [-0.4, -0.2) is 6.54 Å². The van der Waals surface area contributed by atoms with E-state index in [0.717, 1.165) is 6.54 Å². The molecular weight excluding hydrogens is 250 g/mol. The van der Waals surface area contributed by atoms with E-state index in [1.807, 2.05) is 11.3 Å². The number of fused-ring (bicyclic) bond motifs is 1. The number of aryl methyl sites for hydroxylation is 2. The fourth-order valence-electron chi connectivity index (χ4n) is 3.34. The molecule has 1 heterocycles. The maximum atomic E-state index is 3.72. The molecule has 1 nitrogen and oxygen atoms in total. The van der Waals surface area contributed by atoms with Crippen LogP contribution < -0.4 is 5.32 Å². The normalized spacial score (nSPS) is 19.4. The van der Waals surface area contributed by atoms with Crippen molar-refractivity contribution in [3.05, 3.63) is 57.3 Å². The summed E-state index contributed by atoms with van der Waals surface area (Å²) in [5.74, 6) is 0.629. The molecule has 2 unspecified atom stereocenters. The molecule has 1 aromatic heterocycles. The Morgan fingerprint density at radius 3 is 2.89 bits per heavy atom. The molecule has 2 aromatic rings. The first-order chi connectivity index (χ1) is 9.31. The summed E-state index contributed by atoms with van der Waals surface area (Å²) in [5, 5.41) is 5.93. The van der Waals surface area contributed by atoms with Crippen LogP contribution in [-0.2, 0) is 6.42 Å². The topological polar surface area (TPSA) is 12.0 Å². The first kappa shape index (κ1) is 12.9. The lowest BCUT2D eigenvalue weighted by Crippen LogP contribution is -2.26. The van der Waals surface area contributed by atoms with Crippen LogP contribution in [0.5, 0.6) is 0 Å². The van der Waals surface area contributed by atoms with Gasteiger partial charge in [0, 0.05) is 16.8 Å². The van der Waals surface area contributed by atoms with Gasteiger partial charge in [-0.3, -0.25) is 0 Å². The van der Waals surface area contributed by atoms with E-state index in [-0.39, 0.29) is 0 Å². The Morgan fingerprint density at radius 1 is 1.32 bits per heavy atom. The predicted octanol–water partition coefficient (Wildman–Crippen LogP) is 4.44. The minimum atomic E-state index is 0.472. The average molecular weight is 271 g/mol. The lowest BCUT2D eigenvalue weighted by atomic mass is 9.88. The minimum Gasteiger partial charge on any atom is -0.310 e. The Kier molecular flexibility index (Phi) is 3.72. The third-order valence-electron chi connectivity index (χ3n) is 4.24. The van der Waals surface area contributed by atoms with Gasteiger partial charge in [0.2, 0.25) is 0 Å². The van der Waals surface area contributed by atoms with E-state index < -0.39 is 0 Å². The van der Waals surface area contributed by atoms with E-state index in [4.69, 9.17) is 0 Å². The van der Waals surface area contributed by atoms with Gasteiger partial charge in [0.15, 0.2) is 0 Å². The lowest BCUT2D eigenvalue weighted by molar-refractivity contribution is 0.453. The first-order valence-corrected chi connectivity index (χ1v) is 8.04. The molecule has 0 bridgehead atoms. The van der Waals surface area contributed by atoms with E-state index in [2.05, 4.69) is 54.9 Å². The van der Waals surface area contributed by atoms with Crippen LogP contribution in [0, 0.1) is 6.92 Å². The Bertz CT molecular complexity index is 558. The molecule has 19 heavy (non-hydrogen) atoms. The highest BCUT2D eigenvalue weighted by molar-refractivity contribution is 7.10. The molecule has 0 amide bonds. The molecule has 2 atom stereocenters. The van der Waals surface area contributed by atoms with Gasteiger partial charge in [-0.05, 0) is 54.4 Å². The van der Waals surface area contributed by atoms with Gasteiger partial charge in [-0.1, -0.05) is 31.2 Å². The molecule has 0 fully saturated rings. The highest BCUT2D eigenvalue weighted by Crippen LogP contribution is 2.42. The van der Waals surface area contributed by atoms with Crippen LogP contribution in [0.25, 0.3) is 0 Å². The molecule has 1 aliphatic rings. The number of benzene rings is 1. The molecule has 0 saturated heterocycles. The first-order valence-electron chi connectivity index (χ1n) is 7.16. The highest BCUT2D eigenvalue weighted by Gasteiger charge is 2.30. The van der Waals surface area contributed by atoms with E-state index in [0.29, 0.717) is 12.0 Å². The third kappa shape index (κ3) is 2.35. The molecule has 1 aromatic carbocycles. The molecule has 0 aliphatic heterocycles. The SMILES string of the molecule is CCNC(c1ccsc1C)C1CCc2ccccc21. The van der Waals surface area contributed by atoms with E-state index in [1.54, 1.807) is 11.1 Å². The van der Waals surface area contributed by atoms with Gasteiger partial charge in [0.05, 0.1) is 0 Å². The van der Waals surface area contributed by atoms with Gasteiger partial charge in [-0.2, -0.15) is 0 Å². The van der Waals surface area contributed by atoms with Crippen molar-refractivity contribution in [2.75, 3.05) is 6.54 Å². The average Bonchev–Trinajstić information content (AvgIpc) is 3.03. The summed E-state index contributed by atoms with van der Waals surface area (Å²) in [5.41, 5.74) is 4.59. The number of nitrogens with one attached hydrogen (secondary N) is 1. The molecule has 0 radical (unpaired) electrons. The van der Waals surface area contributed by atoms with Crippen molar-refractivity contribution < 1.29 is 0 Å². The zero-order valence-electron chi connectivity index (χ0n) is 11.6. The second kappa shape index (κ2) is 5.48. The summed E-state index contributed by atoms with van der Waals surface area (Å²) in [7, 11) is 0. The molecule has 100 valence electrons. The summed E-state index contributed by atoms with van der Waals surface area (Å²) in [4.78, 5) is 1.45. The van der Waals surface area contributed by atoms with Crippen molar-refractivity contribution in [3.8, 4) is 0 Å². The molecule has 1 N–H and O–H groups in total. The monoisotopic (exact) mass is 271 g/mol. The zero-order valence-corrected chi connectivity index (χ0v) is 12.5. The highest BCUT2D eigenvalue weighted by atomic mass is 32.1. The summed E-state index contributed by atoms with van der Waals surface area (Å²) in [6.07, 6.45) is 2.50. The lowest BCUT2D eigenvalue weighted by Gasteiger charge is -2.25. The molecule has 2 heteroatoms. The second-order valence-corrected chi connectivity index (χ2v) is 6.43. The van der Waals surface area contributed by atoms with E-state index in [1.165, 1.54) is 23.3 Å². The summed E-state index contributed by atoms with van der Waals surface area (Å²) in [6, 6.07) is 11.7. The fourth-order valence-corrected chi connectivity index (χ4v) is 4.09.